The zero-order valence-electron chi connectivity index (χ0n) is 17.4. The van der Waals surface area contributed by atoms with Crippen LogP contribution in [0.1, 0.15) is 54.5 Å². The van der Waals surface area contributed by atoms with Crippen LogP contribution >= 0.6 is 11.6 Å². The van der Waals surface area contributed by atoms with E-state index in [4.69, 9.17) is 21.6 Å². The third-order valence-corrected chi connectivity index (χ3v) is 5.56. The summed E-state index contributed by atoms with van der Waals surface area (Å²) in [6.07, 6.45) is 1.26. The van der Waals surface area contributed by atoms with Crippen molar-refractivity contribution in [3.63, 3.8) is 0 Å². The van der Waals surface area contributed by atoms with Gasteiger partial charge in [-0.15, -0.1) is 0 Å². The number of hydrogen-bond donors (Lipinski definition) is 1. The molecule has 1 aliphatic heterocycles. The molecule has 0 saturated carbocycles. The molecule has 156 valence electrons. The highest BCUT2D eigenvalue weighted by molar-refractivity contribution is 6.30. The minimum absolute atomic E-state index is 0.00946. The Balaban J connectivity index is 1.66. The second-order valence-electron chi connectivity index (χ2n) is 8.10. The van der Waals surface area contributed by atoms with E-state index in [-0.39, 0.29) is 28.7 Å². The van der Waals surface area contributed by atoms with E-state index in [2.05, 4.69) is 10.2 Å². The summed E-state index contributed by atoms with van der Waals surface area (Å²) in [5.74, 6) is 0.678. The minimum Gasteiger partial charge on any atom is -0.354 e. The molecule has 1 atom stereocenters. The molecule has 1 amide bonds. The Labute approximate surface area is 176 Å². The molecule has 29 heavy (non-hydrogen) atoms. The van der Waals surface area contributed by atoms with Gasteiger partial charge < -0.3 is 5.32 Å². The first-order valence-corrected chi connectivity index (χ1v) is 10.4. The molecule has 1 N–H and O–H groups in total. The molecule has 1 aromatic carbocycles. The lowest BCUT2D eigenvalue weighted by Gasteiger charge is -2.17. The van der Waals surface area contributed by atoms with Crippen LogP contribution in [0.2, 0.25) is 5.02 Å². The Morgan fingerprint density at radius 3 is 2.62 bits per heavy atom. The lowest BCUT2D eigenvalue weighted by molar-refractivity contribution is -0.120. The van der Waals surface area contributed by atoms with Gasteiger partial charge in [0.05, 0.1) is 11.4 Å². The maximum Gasteiger partial charge on any atom is 0.224 e. The molecule has 1 unspecified atom stereocenters. The van der Waals surface area contributed by atoms with Gasteiger partial charge in [-0.05, 0) is 58.4 Å². The summed E-state index contributed by atoms with van der Waals surface area (Å²) in [6, 6.07) is 5.07. The van der Waals surface area contributed by atoms with Crippen LogP contribution in [0.25, 0.3) is 0 Å². The predicted octanol–water partition coefficient (Wildman–Crippen LogP) is 3.94. The largest absolute Gasteiger partial charge is 0.354 e. The van der Waals surface area contributed by atoms with Crippen molar-refractivity contribution in [2.24, 2.45) is 0 Å². The molecule has 1 aromatic heterocycles. The molecular weight excluding hydrogens is 391 g/mol. The maximum atomic E-state index is 13.7. The van der Waals surface area contributed by atoms with Gasteiger partial charge in [0.15, 0.2) is 0 Å². The number of amides is 1. The van der Waals surface area contributed by atoms with Crippen molar-refractivity contribution in [1.29, 1.82) is 0 Å². The quantitative estimate of drug-likeness (QED) is 0.771. The van der Waals surface area contributed by atoms with Crippen molar-refractivity contribution < 1.29 is 9.18 Å². The molecule has 2 heterocycles. The molecule has 1 aliphatic rings. The summed E-state index contributed by atoms with van der Waals surface area (Å²) in [5, 5.41) is 3.06. The fourth-order valence-corrected chi connectivity index (χ4v) is 3.94. The van der Waals surface area contributed by atoms with Crippen LogP contribution in [0.5, 0.6) is 0 Å². The van der Waals surface area contributed by atoms with Crippen molar-refractivity contribution in [3.8, 4) is 0 Å². The zero-order chi connectivity index (χ0) is 21.1. The van der Waals surface area contributed by atoms with E-state index < -0.39 is 0 Å². The van der Waals surface area contributed by atoms with Crippen LogP contribution in [0.4, 0.5) is 4.39 Å². The number of rotatable bonds is 6. The summed E-state index contributed by atoms with van der Waals surface area (Å²) in [5.41, 5.74) is 3.54. The van der Waals surface area contributed by atoms with Gasteiger partial charge in [0.25, 0.3) is 0 Å². The Morgan fingerprint density at radius 2 is 2.00 bits per heavy atom. The number of halogens is 2. The Bertz CT molecular complexity index is 879. The number of benzene rings is 1. The van der Waals surface area contributed by atoms with Crippen molar-refractivity contribution in [1.82, 2.24) is 20.2 Å². The van der Waals surface area contributed by atoms with E-state index in [0.29, 0.717) is 13.0 Å². The van der Waals surface area contributed by atoms with Gasteiger partial charge >= 0.3 is 0 Å². The van der Waals surface area contributed by atoms with E-state index in [1.807, 2.05) is 33.8 Å². The number of likely N-dealkylation sites (tertiary alicyclic amines) is 1. The molecule has 1 fully saturated rings. The van der Waals surface area contributed by atoms with E-state index in [0.717, 1.165) is 47.8 Å². The second-order valence-corrected chi connectivity index (χ2v) is 8.51. The molecule has 2 aromatic rings. The smallest absolute Gasteiger partial charge is 0.224 e. The topological polar surface area (TPSA) is 58.1 Å². The van der Waals surface area contributed by atoms with Gasteiger partial charge in [0.1, 0.15) is 11.6 Å². The molecule has 7 heteroatoms. The van der Waals surface area contributed by atoms with Gasteiger partial charge in [0, 0.05) is 42.0 Å². The number of nitrogens with one attached hydrogen (secondary N) is 1. The minimum atomic E-state index is -0.383. The van der Waals surface area contributed by atoms with Crippen molar-refractivity contribution in [3.05, 3.63) is 57.4 Å². The van der Waals surface area contributed by atoms with Crippen LogP contribution in [0, 0.1) is 19.7 Å². The van der Waals surface area contributed by atoms with Crippen molar-refractivity contribution in [2.45, 2.75) is 59.0 Å². The zero-order valence-corrected chi connectivity index (χ0v) is 18.2. The number of carbonyl (C=O) groups excluding carboxylic acids is 1. The first-order chi connectivity index (χ1) is 13.7. The van der Waals surface area contributed by atoms with Gasteiger partial charge in [-0.1, -0.05) is 17.7 Å². The molecule has 3 rings (SSSR count). The molecule has 0 spiro atoms. The fraction of sp³-hybridized carbons (Fsp3) is 0.500. The van der Waals surface area contributed by atoms with E-state index in [1.54, 1.807) is 6.07 Å². The molecule has 0 bridgehead atoms. The lowest BCUT2D eigenvalue weighted by Crippen LogP contribution is -2.32. The Morgan fingerprint density at radius 1 is 1.31 bits per heavy atom. The number of carbonyl (C=O) groups is 1. The summed E-state index contributed by atoms with van der Waals surface area (Å²) in [6.45, 7) is 10.2. The predicted molar refractivity (Wildman–Crippen MR) is 113 cm³/mol. The molecule has 0 radical (unpaired) electrons. The number of aryl methyl sites for hydroxylation is 2. The maximum absolute atomic E-state index is 13.7. The average Bonchev–Trinajstić information content (AvgIpc) is 3.09. The summed E-state index contributed by atoms with van der Waals surface area (Å²) in [4.78, 5) is 23.8. The highest BCUT2D eigenvalue weighted by atomic mass is 35.5. The molecule has 1 saturated heterocycles. The number of nitrogens with zero attached hydrogens (tertiary/aromatic N) is 3. The summed E-state index contributed by atoms with van der Waals surface area (Å²) in [7, 11) is 0. The summed E-state index contributed by atoms with van der Waals surface area (Å²) >= 11 is 5.77. The van der Waals surface area contributed by atoms with Crippen LogP contribution in [-0.4, -0.2) is 39.9 Å². The van der Waals surface area contributed by atoms with Gasteiger partial charge in [-0.3, -0.25) is 9.69 Å². The highest BCUT2D eigenvalue weighted by Gasteiger charge is 2.27. The van der Waals surface area contributed by atoms with Crippen molar-refractivity contribution >= 4 is 17.5 Å². The van der Waals surface area contributed by atoms with Crippen LogP contribution < -0.4 is 5.32 Å². The first kappa shape index (κ1) is 21.7. The lowest BCUT2D eigenvalue weighted by atomic mass is 10.0. The summed E-state index contributed by atoms with van der Waals surface area (Å²) < 4.78 is 13.7. The number of hydrogen-bond acceptors (Lipinski definition) is 4. The molecular formula is C22H28ClFN4O. The van der Waals surface area contributed by atoms with E-state index in [9.17, 15) is 9.18 Å². The van der Waals surface area contributed by atoms with Crippen LogP contribution in [0.3, 0.4) is 0 Å². The van der Waals surface area contributed by atoms with Crippen LogP contribution in [-0.2, 0) is 17.8 Å². The highest BCUT2D eigenvalue weighted by Crippen LogP contribution is 2.28. The Kier molecular flexibility index (Phi) is 6.85. The molecule has 0 aliphatic carbocycles. The van der Waals surface area contributed by atoms with Gasteiger partial charge in [-0.25, -0.2) is 14.4 Å². The van der Waals surface area contributed by atoms with Gasteiger partial charge in [0.2, 0.25) is 5.91 Å². The van der Waals surface area contributed by atoms with E-state index in [1.165, 1.54) is 6.07 Å². The average molecular weight is 419 g/mol. The van der Waals surface area contributed by atoms with Gasteiger partial charge in [-0.2, -0.15) is 0 Å². The Hall–Kier alpha value is -2.05. The first-order valence-electron chi connectivity index (χ1n) is 10.0. The van der Waals surface area contributed by atoms with Crippen LogP contribution in [0.15, 0.2) is 18.2 Å². The standard InChI is InChI=1S/C22H28ClFN4O/c1-13(2)25-21(29)10-18-14(3)26-22(27-15(18)4)17-7-8-28(12-17)11-16-5-6-19(23)20(24)9-16/h5-6,9,13,17H,7-8,10-12H2,1-4H3,(H,25,29). The van der Waals surface area contributed by atoms with E-state index >= 15 is 0 Å². The monoisotopic (exact) mass is 418 g/mol. The van der Waals surface area contributed by atoms with Crippen molar-refractivity contribution in [2.75, 3.05) is 13.1 Å². The third-order valence-electron chi connectivity index (χ3n) is 5.25. The normalized spacial score (nSPS) is 17.1. The molecule has 5 nitrogen and oxygen atoms in total. The number of aromatic nitrogens is 2. The SMILES string of the molecule is Cc1nc(C2CCN(Cc3ccc(Cl)c(F)c3)C2)nc(C)c1CC(=O)NC(C)C. The fourth-order valence-electron chi connectivity index (χ4n) is 3.82. The second kappa shape index (κ2) is 9.18. The third kappa shape index (κ3) is 5.52.